The van der Waals surface area contributed by atoms with Gasteiger partial charge < -0.3 is 5.32 Å². The molecule has 1 atom stereocenters. The van der Waals surface area contributed by atoms with E-state index in [2.05, 4.69) is 11.2 Å². The fourth-order valence-corrected chi connectivity index (χ4v) is 0.778. The molecule has 0 aliphatic heterocycles. The summed E-state index contributed by atoms with van der Waals surface area (Å²) < 4.78 is -1.43. The molecule has 0 aromatic rings. The van der Waals surface area contributed by atoms with Gasteiger partial charge in [0, 0.05) is 0 Å². The van der Waals surface area contributed by atoms with Gasteiger partial charge in [-0.05, 0) is 12.8 Å². The molecule has 0 radical (unpaired) electrons. The van der Waals surface area contributed by atoms with Crippen molar-refractivity contribution in [2.75, 3.05) is 0 Å². The summed E-state index contributed by atoms with van der Waals surface area (Å²) in [6, 6.07) is -0.329. The van der Waals surface area contributed by atoms with Crippen molar-refractivity contribution in [2.45, 2.75) is 31.1 Å². The van der Waals surface area contributed by atoms with Gasteiger partial charge >= 0.3 is 0 Å². The van der Waals surface area contributed by atoms with Gasteiger partial charge in [0.15, 0.2) is 4.33 Å². The van der Waals surface area contributed by atoms with E-state index in [1.54, 1.807) is 0 Å². The van der Waals surface area contributed by atoms with Crippen LogP contribution in [0, 0.1) is 18.3 Å². The minimum atomic E-state index is -1.43. The zero-order valence-electron chi connectivity index (χ0n) is 7.90. The van der Waals surface area contributed by atoms with Crippen molar-refractivity contribution in [1.29, 1.82) is 0 Å². The van der Waals surface area contributed by atoms with Crippen LogP contribution in [0.25, 0.3) is 0 Å². The quantitative estimate of drug-likeness (QED) is 0.574. The van der Waals surface area contributed by atoms with Crippen molar-refractivity contribution < 1.29 is 4.79 Å². The number of hydrogen-bond donors (Lipinski definition) is 1. The lowest BCUT2D eigenvalue weighted by atomic mass is 10.1. The van der Waals surface area contributed by atoms with Gasteiger partial charge in [0.05, 0.1) is 6.04 Å². The van der Waals surface area contributed by atoms with Gasteiger partial charge in [-0.2, -0.15) is 0 Å². The van der Waals surface area contributed by atoms with Crippen LogP contribution in [0.15, 0.2) is 0 Å². The molecule has 0 fully saturated rings. The van der Waals surface area contributed by atoms with E-state index in [-0.39, 0.29) is 12.0 Å². The van der Waals surface area contributed by atoms with Crippen LogP contribution in [0.5, 0.6) is 0 Å². The molecule has 13 heavy (non-hydrogen) atoms. The molecule has 0 spiro atoms. The zero-order chi connectivity index (χ0) is 10.6. The third kappa shape index (κ3) is 4.40. The summed E-state index contributed by atoms with van der Waals surface area (Å²) in [6.45, 7) is 5.22. The SMILES string of the molecule is C#CC(NC(=O)C(C)(Cl)Cl)C(C)C. The highest BCUT2D eigenvalue weighted by atomic mass is 35.5. The number of carbonyl (C=O) groups is 1. The molecule has 74 valence electrons. The summed E-state index contributed by atoms with van der Waals surface area (Å²) in [5, 5.41) is 2.57. The molecule has 2 nitrogen and oxygen atoms in total. The number of alkyl halides is 2. The summed E-state index contributed by atoms with van der Waals surface area (Å²) in [7, 11) is 0. The summed E-state index contributed by atoms with van der Waals surface area (Å²) in [5.41, 5.74) is 0. The normalized spacial score (nSPS) is 13.6. The highest BCUT2D eigenvalue weighted by Crippen LogP contribution is 2.19. The number of amides is 1. The fraction of sp³-hybridized carbons (Fsp3) is 0.667. The van der Waals surface area contributed by atoms with Crippen LogP contribution in [0.3, 0.4) is 0 Å². The Balaban J connectivity index is 4.29. The van der Waals surface area contributed by atoms with E-state index in [0.29, 0.717) is 0 Å². The highest BCUT2D eigenvalue weighted by molar-refractivity contribution is 6.57. The predicted octanol–water partition coefficient (Wildman–Crippen LogP) is 1.95. The smallest absolute Gasteiger partial charge is 0.257 e. The molecule has 4 heteroatoms. The minimum Gasteiger partial charge on any atom is -0.340 e. The van der Waals surface area contributed by atoms with Crippen LogP contribution < -0.4 is 5.32 Å². The Hall–Kier alpha value is -0.390. The van der Waals surface area contributed by atoms with Crippen molar-refractivity contribution in [3.05, 3.63) is 0 Å². The van der Waals surface area contributed by atoms with Gasteiger partial charge in [-0.25, -0.2) is 0 Å². The molecule has 0 saturated carbocycles. The lowest BCUT2D eigenvalue weighted by Crippen LogP contribution is -2.44. The number of carbonyl (C=O) groups excluding carboxylic acids is 1. The van der Waals surface area contributed by atoms with Crippen molar-refractivity contribution in [1.82, 2.24) is 5.32 Å². The number of hydrogen-bond acceptors (Lipinski definition) is 1. The Morgan fingerprint density at radius 2 is 2.00 bits per heavy atom. The molecule has 0 aliphatic carbocycles. The Kier molecular flexibility index (Phi) is 4.60. The largest absolute Gasteiger partial charge is 0.340 e. The van der Waals surface area contributed by atoms with Gasteiger partial charge in [0.1, 0.15) is 0 Å². The van der Waals surface area contributed by atoms with Crippen molar-refractivity contribution in [2.24, 2.45) is 5.92 Å². The monoisotopic (exact) mass is 221 g/mol. The molecular formula is C9H13Cl2NO. The predicted molar refractivity (Wildman–Crippen MR) is 55.7 cm³/mol. The number of halogens is 2. The van der Waals surface area contributed by atoms with E-state index in [0.717, 1.165) is 0 Å². The van der Waals surface area contributed by atoms with Crippen LogP contribution in [0.4, 0.5) is 0 Å². The molecule has 0 saturated heterocycles. The average Bonchev–Trinajstić information content (AvgIpc) is 1.96. The van der Waals surface area contributed by atoms with E-state index >= 15 is 0 Å². The van der Waals surface area contributed by atoms with Crippen LogP contribution >= 0.6 is 23.2 Å². The Morgan fingerprint density at radius 3 is 2.23 bits per heavy atom. The van der Waals surface area contributed by atoms with E-state index in [1.807, 2.05) is 13.8 Å². The van der Waals surface area contributed by atoms with E-state index in [9.17, 15) is 4.79 Å². The van der Waals surface area contributed by atoms with Gasteiger partial charge in [-0.15, -0.1) is 6.42 Å². The second kappa shape index (κ2) is 4.74. The number of rotatable bonds is 3. The topological polar surface area (TPSA) is 29.1 Å². The molecule has 1 N–H and O–H groups in total. The van der Waals surface area contributed by atoms with Gasteiger partial charge in [0.25, 0.3) is 5.91 Å². The molecular weight excluding hydrogens is 209 g/mol. The zero-order valence-corrected chi connectivity index (χ0v) is 9.41. The molecule has 0 bridgehead atoms. The molecule has 0 heterocycles. The second-order valence-electron chi connectivity index (χ2n) is 3.25. The first-order valence-corrected chi connectivity index (χ1v) is 4.69. The van der Waals surface area contributed by atoms with Crippen LogP contribution in [0.2, 0.25) is 0 Å². The van der Waals surface area contributed by atoms with Crippen LogP contribution in [-0.4, -0.2) is 16.3 Å². The first-order valence-electron chi connectivity index (χ1n) is 3.94. The third-order valence-electron chi connectivity index (χ3n) is 1.53. The van der Waals surface area contributed by atoms with Crippen molar-refractivity contribution in [3.63, 3.8) is 0 Å². The van der Waals surface area contributed by atoms with E-state index in [4.69, 9.17) is 29.6 Å². The maximum Gasteiger partial charge on any atom is 0.257 e. The Bertz CT molecular complexity index is 225. The van der Waals surface area contributed by atoms with Crippen molar-refractivity contribution in [3.8, 4) is 12.3 Å². The molecule has 0 aromatic heterocycles. The lowest BCUT2D eigenvalue weighted by Gasteiger charge is -2.20. The standard InChI is InChI=1S/C9H13Cl2NO/c1-5-7(6(2)3)12-8(13)9(4,10)11/h1,6-7H,2-4H3,(H,12,13). The van der Waals surface area contributed by atoms with Crippen molar-refractivity contribution >= 4 is 29.1 Å². The van der Waals surface area contributed by atoms with Gasteiger partial charge in [0.2, 0.25) is 0 Å². The van der Waals surface area contributed by atoms with Crippen LogP contribution in [0.1, 0.15) is 20.8 Å². The van der Waals surface area contributed by atoms with E-state index in [1.165, 1.54) is 6.92 Å². The molecule has 0 rings (SSSR count). The number of terminal acetylenes is 1. The maximum absolute atomic E-state index is 11.3. The molecule has 0 aromatic carbocycles. The lowest BCUT2D eigenvalue weighted by molar-refractivity contribution is -0.122. The Labute approximate surface area is 89.0 Å². The van der Waals surface area contributed by atoms with E-state index < -0.39 is 10.2 Å². The molecule has 0 aliphatic rings. The minimum absolute atomic E-state index is 0.157. The first kappa shape index (κ1) is 12.6. The molecule has 1 amide bonds. The summed E-state index contributed by atoms with van der Waals surface area (Å²) in [4.78, 5) is 11.3. The third-order valence-corrected chi connectivity index (χ3v) is 1.87. The summed E-state index contributed by atoms with van der Waals surface area (Å²) >= 11 is 11.1. The maximum atomic E-state index is 11.3. The fourth-order valence-electron chi connectivity index (χ4n) is 0.669. The highest BCUT2D eigenvalue weighted by Gasteiger charge is 2.29. The second-order valence-corrected chi connectivity index (χ2v) is 4.96. The summed E-state index contributed by atoms with van der Waals surface area (Å²) in [5.74, 6) is 2.15. The number of nitrogens with one attached hydrogen (secondary N) is 1. The molecule has 1 unspecified atom stereocenters. The summed E-state index contributed by atoms with van der Waals surface area (Å²) in [6.07, 6.45) is 5.21. The Morgan fingerprint density at radius 1 is 1.54 bits per heavy atom. The van der Waals surface area contributed by atoms with Gasteiger partial charge in [-0.1, -0.05) is 43.0 Å². The first-order chi connectivity index (χ1) is 5.79. The van der Waals surface area contributed by atoms with Gasteiger partial charge in [-0.3, -0.25) is 4.79 Å². The average molecular weight is 222 g/mol. The van der Waals surface area contributed by atoms with Crippen LogP contribution in [-0.2, 0) is 4.79 Å².